The van der Waals surface area contributed by atoms with Crippen molar-refractivity contribution in [3.63, 3.8) is 0 Å². The van der Waals surface area contributed by atoms with Crippen molar-refractivity contribution in [1.82, 2.24) is 24.7 Å². The Kier molecular flexibility index (Phi) is 7.29. The molecule has 168 valence electrons. The monoisotopic (exact) mass is 432 g/mol. The van der Waals surface area contributed by atoms with E-state index in [1.54, 1.807) is 0 Å². The number of benzene rings is 2. The number of anilines is 1. The maximum atomic E-state index is 12.7. The minimum Gasteiger partial charge on any atom is -0.369 e. The molecule has 1 amide bonds. The first-order chi connectivity index (χ1) is 15.6. The lowest BCUT2D eigenvalue weighted by atomic mass is 10.2. The number of piperazine rings is 1. The van der Waals surface area contributed by atoms with Crippen molar-refractivity contribution < 1.29 is 4.79 Å². The Bertz CT molecular complexity index is 1030. The number of nitrogens with zero attached hydrogens (tertiary/aromatic N) is 5. The van der Waals surface area contributed by atoms with E-state index >= 15 is 0 Å². The van der Waals surface area contributed by atoms with Gasteiger partial charge in [-0.05, 0) is 51.3 Å². The van der Waals surface area contributed by atoms with Crippen LogP contribution in [0.3, 0.4) is 0 Å². The highest BCUT2D eigenvalue weighted by molar-refractivity contribution is 5.94. The maximum absolute atomic E-state index is 12.7. The van der Waals surface area contributed by atoms with Crippen molar-refractivity contribution >= 4 is 22.6 Å². The van der Waals surface area contributed by atoms with Crippen LogP contribution in [0.5, 0.6) is 0 Å². The second-order valence-corrected chi connectivity index (χ2v) is 8.52. The van der Waals surface area contributed by atoms with E-state index in [2.05, 4.69) is 35.3 Å². The molecule has 3 aromatic rings. The molecule has 1 aliphatic heterocycles. The summed E-state index contributed by atoms with van der Waals surface area (Å²) in [5.74, 6) is 1.83. The lowest BCUT2D eigenvalue weighted by Crippen LogP contribution is -2.48. The zero-order valence-corrected chi connectivity index (χ0v) is 19.0. The molecule has 1 aliphatic rings. The van der Waals surface area contributed by atoms with Crippen LogP contribution in [0.1, 0.15) is 22.6 Å². The van der Waals surface area contributed by atoms with Gasteiger partial charge in [-0.25, -0.2) is 9.97 Å². The Labute approximate surface area is 190 Å². The SMILES string of the molecule is CN(C)CCCNc1nc(CN2CCN(C(=O)c3ccccc3)CC2)nc2ccccc12. The zero-order valence-electron chi connectivity index (χ0n) is 19.0. The van der Waals surface area contributed by atoms with Gasteiger partial charge in [-0.1, -0.05) is 30.3 Å². The molecule has 1 aromatic heterocycles. The Morgan fingerprint density at radius 3 is 2.44 bits per heavy atom. The fraction of sp³-hybridized carbons (Fsp3) is 0.400. The number of nitrogens with one attached hydrogen (secondary N) is 1. The van der Waals surface area contributed by atoms with Gasteiger partial charge >= 0.3 is 0 Å². The highest BCUT2D eigenvalue weighted by Crippen LogP contribution is 2.21. The molecule has 0 atom stereocenters. The van der Waals surface area contributed by atoms with E-state index in [1.165, 1.54) is 0 Å². The molecule has 32 heavy (non-hydrogen) atoms. The third-order valence-corrected chi connectivity index (χ3v) is 5.77. The fourth-order valence-electron chi connectivity index (χ4n) is 4.00. The number of aromatic nitrogens is 2. The lowest BCUT2D eigenvalue weighted by molar-refractivity contribution is 0.0625. The van der Waals surface area contributed by atoms with Crippen LogP contribution in [0.4, 0.5) is 5.82 Å². The molecule has 0 spiro atoms. The van der Waals surface area contributed by atoms with Crippen LogP contribution in [0.15, 0.2) is 54.6 Å². The topological polar surface area (TPSA) is 64.6 Å². The number of fused-ring (bicyclic) bond motifs is 1. The van der Waals surface area contributed by atoms with Gasteiger partial charge in [0.25, 0.3) is 5.91 Å². The smallest absolute Gasteiger partial charge is 0.253 e. The number of hydrogen-bond donors (Lipinski definition) is 1. The van der Waals surface area contributed by atoms with Crippen molar-refractivity contribution in [2.24, 2.45) is 0 Å². The zero-order chi connectivity index (χ0) is 22.3. The summed E-state index contributed by atoms with van der Waals surface area (Å²) < 4.78 is 0. The Morgan fingerprint density at radius 2 is 1.69 bits per heavy atom. The molecule has 0 bridgehead atoms. The fourth-order valence-corrected chi connectivity index (χ4v) is 4.00. The molecule has 1 fully saturated rings. The third-order valence-electron chi connectivity index (χ3n) is 5.77. The Hall–Kier alpha value is -3.03. The summed E-state index contributed by atoms with van der Waals surface area (Å²) in [6.45, 7) is 5.67. The number of rotatable bonds is 8. The Morgan fingerprint density at radius 1 is 0.969 bits per heavy atom. The van der Waals surface area contributed by atoms with Crippen LogP contribution in [0, 0.1) is 0 Å². The molecule has 7 heteroatoms. The van der Waals surface area contributed by atoms with Gasteiger partial charge in [-0.15, -0.1) is 0 Å². The summed E-state index contributed by atoms with van der Waals surface area (Å²) in [5.41, 5.74) is 1.72. The summed E-state index contributed by atoms with van der Waals surface area (Å²) in [6, 6.07) is 17.7. The van der Waals surface area contributed by atoms with E-state index in [4.69, 9.17) is 9.97 Å². The summed E-state index contributed by atoms with van der Waals surface area (Å²) >= 11 is 0. The molecule has 0 aliphatic carbocycles. The van der Waals surface area contributed by atoms with Gasteiger partial charge in [0, 0.05) is 43.7 Å². The van der Waals surface area contributed by atoms with Crippen molar-refractivity contribution in [2.75, 3.05) is 58.7 Å². The van der Waals surface area contributed by atoms with Gasteiger partial charge in [0.05, 0.1) is 12.1 Å². The van der Waals surface area contributed by atoms with Crippen molar-refractivity contribution in [1.29, 1.82) is 0 Å². The van der Waals surface area contributed by atoms with Gasteiger partial charge in [-0.2, -0.15) is 0 Å². The summed E-state index contributed by atoms with van der Waals surface area (Å²) in [5, 5.41) is 4.57. The molecule has 2 heterocycles. The molecule has 2 aromatic carbocycles. The molecule has 7 nitrogen and oxygen atoms in total. The molecule has 1 saturated heterocycles. The quantitative estimate of drug-likeness (QED) is 0.552. The molecule has 0 radical (unpaired) electrons. The second-order valence-electron chi connectivity index (χ2n) is 8.52. The number of carbonyl (C=O) groups excluding carboxylic acids is 1. The van der Waals surface area contributed by atoms with E-state index in [0.29, 0.717) is 6.54 Å². The summed E-state index contributed by atoms with van der Waals surface area (Å²) in [6.07, 6.45) is 1.05. The van der Waals surface area contributed by atoms with Crippen LogP contribution in [0.2, 0.25) is 0 Å². The van der Waals surface area contributed by atoms with Crippen LogP contribution < -0.4 is 5.32 Å². The van der Waals surface area contributed by atoms with Crippen molar-refractivity contribution in [3.05, 3.63) is 66.0 Å². The van der Waals surface area contributed by atoms with Crippen molar-refractivity contribution in [3.8, 4) is 0 Å². The van der Waals surface area contributed by atoms with Crippen LogP contribution >= 0.6 is 0 Å². The van der Waals surface area contributed by atoms with E-state index in [1.807, 2.05) is 53.4 Å². The Balaban J connectivity index is 1.39. The van der Waals surface area contributed by atoms with E-state index in [-0.39, 0.29) is 5.91 Å². The highest BCUT2D eigenvalue weighted by Gasteiger charge is 2.23. The first-order valence-corrected chi connectivity index (χ1v) is 11.3. The van der Waals surface area contributed by atoms with Crippen LogP contribution in [-0.4, -0.2) is 83.9 Å². The molecular weight excluding hydrogens is 400 g/mol. The minimum absolute atomic E-state index is 0.108. The average molecular weight is 433 g/mol. The number of hydrogen-bond acceptors (Lipinski definition) is 6. The minimum atomic E-state index is 0.108. The molecule has 0 saturated carbocycles. The van der Waals surface area contributed by atoms with Gasteiger partial charge in [0.15, 0.2) is 0 Å². The highest BCUT2D eigenvalue weighted by atomic mass is 16.2. The lowest BCUT2D eigenvalue weighted by Gasteiger charge is -2.34. The number of para-hydroxylation sites is 1. The van der Waals surface area contributed by atoms with Gasteiger partial charge in [0.1, 0.15) is 11.6 Å². The van der Waals surface area contributed by atoms with Gasteiger partial charge < -0.3 is 15.1 Å². The van der Waals surface area contributed by atoms with E-state index in [0.717, 1.165) is 73.8 Å². The normalized spacial score (nSPS) is 14.8. The largest absolute Gasteiger partial charge is 0.369 e. The van der Waals surface area contributed by atoms with E-state index in [9.17, 15) is 4.79 Å². The van der Waals surface area contributed by atoms with E-state index < -0.39 is 0 Å². The molecular formula is C25H32N6O. The molecule has 1 N–H and O–H groups in total. The first kappa shape index (κ1) is 22.2. The predicted molar refractivity (Wildman–Crippen MR) is 129 cm³/mol. The first-order valence-electron chi connectivity index (χ1n) is 11.3. The summed E-state index contributed by atoms with van der Waals surface area (Å²) in [4.78, 5) is 28.8. The number of carbonyl (C=O) groups is 1. The second kappa shape index (κ2) is 10.5. The maximum Gasteiger partial charge on any atom is 0.253 e. The van der Waals surface area contributed by atoms with Gasteiger partial charge in [-0.3, -0.25) is 9.69 Å². The average Bonchev–Trinajstić information content (AvgIpc) is 2.82. The molecule has 4 rings (SSSR count). The van der Waals surface area contributed by atoms with Crippen LogP contribution in [0.25, 0.3) is 10.9 Å². The molecule has 0 unspecified atom stereocenters. The number of amides is 1. The van der Waals surface area contributed by atoms with Gasteiger partial charge in [0.2, 0.25) is 0 Å². The van der Waals surface area contributed by atoms with Crippen molar-refractivity contribution in [2.45, 2.75) is 13.0 Å². The summed E-state index contributed by atoms with van der Waals surface area (Å²) in [7, 11) is 4.18. The van der Waals surface area contributed by atoms with Crippen LogP contribution in [-0.2, 0) is 6.54 Å². The predicted octanol–water partition coefficient (Wildman–Crippen LogP) is 2.95. The third kappa shape index (κ3) is 5.60. The standard InChI is InChI=1S/C25H32N6O/c1-29(2)14-8-13-26-24-21-11-6-7-12-22(21)27-23(28-24)19-30-15-17-31(18-16-30)25(32)20-9-4-3-5-10-20/h3-7,9-12H,8,13-19H2,1-2H3,(H,26,27,28).